The second-order valence-corrected chi connectivity index (χ2v) is 8.36. The van der Waals surface area contributed by atoms with Gasteiger partial charge in [-0.3, -0.25) is 9.69 Å². The van der Waals surface area contributed by atoms with E-state index in [4.69, 9.17) is 32.9 Å². The lowest BCUT2D eigenvalue weighted by Gasteiger charge is -2.20. The molecule has 0 unspecified atom stereocenters. The number of amides is 1. The minimum absolute atomic E-state index is 0.147. The molecule has 0 saturated carbocycles. The molecule has 0 aliphatic carbocycles. The van der Waals surface area contributed by atoms with Crippen LogP contribution in [-0.2, 0) is 6.54 Å². The van der Waals surface area contributed by atoms with E-state index < -0.39 is 0 Å². The van der Waals surface area contributed by atoms with E-state index in [9.17, 15) is 4.79 Å². The molecule has 0 spiro atoms. The van der Waals surface area contributed by atoms with Crippen molar-refractivity contribution in [1.29, 1.82) is 0 Å². The first-order valence-electron chi connectivity index (χ1n) is 9.23. The number of ether oxygens (including phenoxy) is 1. The summed E-state index contributed by atoms with van der Waals surface area (Å²) in [6, 6.07) is 10.4. The highest BCUT2D eigenvalue weighted by Crippen LogP contribution is 2.39. The number of hydrogen-bond donors (Lipinski definition) is 0. The number of anilines is 1. The number of nitrogens with zero attached hydrogens (tertiary/aromatic N) is 4. The molecular formula is C21H18Cl2N4O2S. The van der Waals surface area contributed by atoms with E-state index in [2.05, 4.69) is 4.98 Å². The molecule has 0 radical (unpaired) electrons. The van der Waals surface area contributed by atoms with Gasteiger partial charge in [0.1, 0.15) is 11.3 Å². The molecular weight excluding hydrogens is 443 g/mol. The van der Waals surface area contributed by atoms with Gasteiger partial charge in [-0.1, -0.05) is 34.5 Å². The molecule has 0 N–H and O–H groups in total. The van der Waals surface area contributed by atoms with Crippen LogP contribution in [0.15, 0.2) is 55.1 Å². The quantitative estimate of drug-likeness (QED) is 0.362. The Morgan fingerprint density at radius 3 is 2.70 bits per heavy atom. The molecule has 2 aromatic carbocycles. The molecule has 6 nitrogen and oxygen atoms in total. The predicted octanol–water partition coefficient (Wildman–Crippen LogP) is 5.55. The number of imidazole rings is 1. The Morgan fingerprint density at radius 2 is 2.00 bits per heavy atom. The number of carbonyl (C=O) groups excluding carboxylic acids is 1. The molecule has 0 fully saturated rings. The monoisotopic (exact) mass is 460 g/mol. The van der Waals surface area contributed by atoms with Crippen molar-refractivity contribution in [3.63, 3.8) is 0 Å². The molecule has 2 aromatic heterocycles. The molecule has 9 heteroatoms. The van der Waals surface area contributed by atoms with Gasteiger partial charge in [0.15, 0.2) is 5.13 Å². The van der Waals surface area contributed by atoms with Crippen molar-refractivity contribution in [2.45, 2.75) is 13.0 Å². The number of fused-ring (bicyclic) bond motifs is 1. The second kappa shape index (κ2) is 9.04. The molecule has 4 aromatic rings. The molecule has 0 bridgehead atoms. The first kappa shape index (κ1) is 20.7. The minimum Gasteiger partial charge on any atom is -0.494 e. The van der Waals surface area contributed by atoms with Gasteiger partial charge in [-0.05, 0) is 42.8 Å². The largest absolute Gasteiger partial charge is 0.494 e. The highest BCUT2D eigenvalue weighted by molar-refractivity contribution is 7.23. The summed E-state index contributed by atoms with van der Waals surface area (Å²) in [5.41, 5.74) is 1.19. The van der Waals surface area contributed by atoms with Crippen LogP contribution in [-0.4, -0.2) is 34.1 Å². The van der Waals surface area contributed by atoms with E-state index in [1.807, 2.05) is 10.8 Å². The lowest BCUT2D eigenvalue weighted by Crippen LogP contribution is -2.32. The summed E-state index contributed by atoms with van der Waals surface area (Å²) in [5, 5.41) is 1.73. The molecule has 0 aliphatic heterocycles. The van der Waals surface area contributed by atoms with Crippen LogP contribution in [0.4, 0.5) is 5.13 Å². The fourth-order valence-electron chi connectivity index (χ4n) is 3.08. The third-order valence-corrected chi connectivity index (χ3v) is 6.38. The third-order valence-electron chi connectivity index (χ3n) is 4.59. The van der Waals surface area contributed by atoms with Gasteiger partial charge in [0, 0.05) is 36.1 Å². The topological polar surface area (TPSA) is 60.2 Å². The zero-order valence-electron chi connectivity index (χ0n) is 16.1. The molecule has 0 atom stereocenters. The van der Waals surface area contributed by atoms with Crippen LogP contribution in [0.5, 0.6) is 5.75 Å². The predicted molar refractivity (Wildman–Crippen MR) is 121 cm³/mol. The van der Waals surface area contributed by atoms with Crippen LogP contribution < -0.4 is 9.64 Å². The summed E-state index contributed by atoms with van der Waals surface area (Å²) in [6.45, 7) is 1.22. The van der Waals surface area contributed by atoms with Crippen LogP contribution in [0.2, 0.25) is 10.0 Å². The van der Waals surface area contributed by atoms with Crippen LogP contribution in [0.3, 0.4) is 0 Å². The third kappa shape index (κ3) is 4.28. The molecule has 154 valence electrons. The highest BCUT2D eigenvalue weighted by Gasteiger charge is 2.23. The number of hydrogen-bond acceptors (Lipinski definition) is 5. The number of benzene rings is 2. The zero-order chi connectivity index (χ0) is 21.1. The summed E-state index contributed by atoms with van der Waals surface area (Å²) in [5.74, 6) is 0.473. The zero-order valence-corrected chi connectivity index (χ0v) is 18.4. The summed E-state index contributed by atoms with van der Waals surface area (Å²) >= 11 is 13.7. The van der Waals surface area contributed by atoms with Crippen molar-refractivity contribution in [3.8, 4) is 5.75 Å². The normalized spacial score (nSPS) is 11.0. The summed E-state index contributed by atoms with van der Waals surface area (Å²) in [4.78, 5) is 23.8. The van der Waals surface area contributed by atoms with Crippen molar-refractivity contribution in [2.75, 3.05) is 18.6 Å². The molecule has 30 heavy (non-hydrogen) atoms. The summed E-state index contributed by atoms with van der Waals surface area (Å²) < 4.78 is 8.18. The van der Waals surface area contributed by atoms with Crippen molar-refractivity contribution in [3.05, 3.63) is 70.7 Å². The molecule has 2 heterocycles. The maximum atomic E-state index is 13.3. The van der Waals surface area contributed by atoms with Crippen LogP contribution >= 0.6 is 34.5 Å². The van der Waals surface area contributed by atoms with Gasteiger partial charge in [0.05, 0.1) is 23.2 Å². The molecule has 0 saturated heterocycles. The van der Waals surface area contributed by atoms with Crippen LogP contribution in [0.1, 0.15) is 16.8 Å². The number of aromatic nitrogens is 3. The van der Waals surface area contributed by atoms with Crippen LogP contribution in [0.25, 0.3) is 10.2 Å². The van der Waals surface area contributed by atoms with Crippen molar-refractivity contribution in [1.82, 2.24) is 14.5 Å². The molecule has 1 amide bonds. The Bertz CT molecular complexity index is 1160. The maximum absolute atomic E-state index is 13.3. The fraction of sp³-hybridized carbons (Fsp3) is 0.190. The van der Waals surface area contributed by atoms with Crippen molar-refractivity contribution < 1.29 is 9.53 Å². The number of methoxy groups -OCH3 is 1. The number of carbonyl (C=O) groups is 1. The van der Waals surface area contributed by atoms with Gasteiger partial charge in [-0.2, -0.15) is 0 Å². The minimum atomic E-state index is -0.147. The average Bonchev–Trinajstić information content (AvgIpc) is 3.42. The van der Waals surface area contributed by atoms with Gasteiger partial charge < -0.3 is 9.30 Å². The van der Waals surface area contributed by atoms with E-state index in [1.165, 1.54) is 11.3 Å². The Kier molecular flexibility index (Phi) is 6.22. The Labute approximate surface area is 187 Å². The van der Waals surface area contributed by atoms with Gasteiger partial charge >= 0.3 is 0 Å². The van der Waals surface area contributed by atoms with E-state index in [0.717, 1.165) is 17.7 Å². The van der Waals surface area contributed by atoms with Gasteiger partial charge in [-0.15, -0.1) is 0 Å². The first-order valence-corrected chi connectivity index (χ1v) is 10.8. The summed E-state index contributed by atoms with van der Waals surface area (Å²) in [6.07, 6.45) is 6.12. The van der Waals surface area contributed by atoms with E-state index in [1.54, 1.807) is 60.9 Å². The van der Waals surface area contributed by atoms with Gasteiger partial charge in [0.25, 0.3) is 5.91 Å². The lowest BCUT2D eigenvalue weighted by atomic mass is 10.2. The molecule has 4 rings (SSSR count). The van der Waals surface area contributed by atoms with Crippen LogP contribution in [0, 0.1) is 0 Å². The average molecular weight is 461 g/mol. The van der Waals surface area contributed by atoms with Crippen molar-refractivity contribution in [2.24, 2.45) is 0 Å². The van der Waals surface area contributed by atoms with E-state index in [0.29, 0.717) is 38.6 Å². The second-order valence-electron chi connectivity index (χ2n) is 6.54. The fourth-order valence-corrected chi connectivity index (χ4v) is 4.49. The van der Waals surface area contributed by atoms with Gasteiger partial charge in [-0.25, -0.2) is 9.97 Å². The maximum Gasteiger partial charge on any atom is 0.260 e. The summed E-state index contributed by atoms with van der Waals surface area (Å²) in [7, 11) is 1.59. The Balaban J connectivity index is 1.68. The van der Waals surface area contributed by atoms with Gasteiger partial charge in [0.2, 0.25) is 0 Å². The van der Waals surface area contributed by atoms with E-state index >= 15 is 0 Å². The Morgan fingerprint density at radius 1 is 1.20 bits per heavy atom. The standard InChI is InChI=1S/C21H18Cl2N4O2S/c1-29-17-8-7-16(23)19-18(17)25-21(30-19)27(11-2-10-26-12-9-24-13-26)20(28)14-3-5-15(22)6-4-14/h3-9,12-13H,2,10-11H2,1H3. The number of thiazole rings is 1. The smallest absolute Gasteiger partial charge is 0.260 e. The SMILES string of the molecule is COc1ccc(Cl)c2sc(N(CCCn3ccnc3)C(=O)c3ccc(Cl)cc3)nc12. The van der Waals surface area contributed by atoms with Crippen molar-refractivity contribution >= 4 is 55.8 Å². The first-order chi connectivity index (χ1) is 14.6. The number of rotatable bonds is 7. The highest BCUT2D eigenvalue weighted by atomic mass is 35.5. The number of aryl methyl sites for hydroxylation is 1. The molecule has 0 aliphatic rings. The number of halogens is 2. The lowest BCUT2D eigenvalue weighted by molar-refractivity contribution is 0.0986. The Hall–Kier alpha value is -2.61. The van der Waals surface area contributed by atoms with E-state index in [-0.39, 0.29) is 5.91 Å².